The van der Waals surface area contributed by atoms with Crippen molar-refractivity contribution in [2.24, 2.45) is 0 Å². The smallest absolute Gasteiger partial charge is 0.227 e. The number of nitrogens with zero attached hydrogens (tertiary/aromatic N) is 7. The van der Waals surface area contributed by atoms with Crippen molar-refractivity contribution in [1.29, 1.82) is 0 Å². The predicted molar refractivity (Wildman–Crippen MR) is 105 cm³/mol. The van der Waals surface area contributed by atoms with Crippen LogP contribution in [0.5, 0.6) is 0 Å². The van der Waals surface area contributed by atoms with Crippen LogP contribution in [0, 0.1) is 12.7 Å². The highest BCUT2D eigenvalue weighted by molar-refractivity contribution is 5.47. The fourth-order valence-electron chi connectivity index (χ4n) is 3.77. The van der Waals surface area contributed by atoms with Crippen LogP contribution in [0.25, 0.3) is 0 Å². The molecule has 2 aliphatic rings. The summed E-state index contributed by atoms with van der Waals surface area (Å²) in [4.78, 5) is 23.6. The molecule has 9 heteroatoms. The standard InChI is InChI=1S/C19H26FN7O/c1-14-17(20)18(23-13-22-14)27-7-3-4-15(12-27)25(2)16-5-6-21-19(24-16)26-8-10-28-11-9-26/h5-6,13,15H,3-4,7-12H2,1-2H3. The highest BCUT2D eigenvalue weighted by Crippen LogP contribution is 2.26. The number of ether oxygens (including phenoxy) is 1. The van der Waals surface area contributed by atoms with Crippen LogP contribution in [-0.2, 0) is 4.74 Å². The molecule has 0 aromatic carbocycles. The summed E-state index contributed by atoms with van der Waals surface area (Å²) in [5.41, 5.74) is 0.381. The summed E-state index contributed by atoms with van der Waals surface area (Å²) in [7, 11) is 2.04. The molecule has 0 bridgehead atoms. The maximum atomic E-state index is 14.5. The molecule has 2 aromatic heterocycles. The van der Waals surface area contributed by atoms with Gasteiger partial charge < -0.3 is 19.4 Å². The molecule has 150 valence electrons. The molecule has 1 unspecified atom stereocenters. The molecule has 2 aromatic rings. The number of aryl methyl sites for hydroxylation is 1. The van der Waals surface area contributed by atoms with Gasteiger partial charge in [-0.05, 0) is 25.8 Å². The van der Waals surface area contributed by atoms with E-state index in [0.29, 0.717) is 31.3 Å². The molecule has 1 atom stereocenters. The van der Waals surface area contributed by atoms with Gasteiger partial charge >= 0.3 is 0 Å². The third-order valence-electron chi connectivity index (χ3n) is 5.47. The Balaban J connectivity index is 1.50. The Hall–Kier alpha value is -2.55. The zero-order valence-electron chi connectivity index (χ0n) is 16.4. The topological polar surface area (TPSA) is 70.5 Å². The first kappa shape index (κ1) is 18.8. The van der Waals surface area contributed by atoms with Gasteiger partial charge in [0.15, 0.2) is 11.6 Å². The number of hydrogen-bond acceptors (Lipinski definition) is 8. The summed E-state index contributed by atoms with van der Waals surface area (Å²) in [6.07, 6.45) is 5.23. The van der Waals surface area contributed by atoms with E-state index in [1.165, 1.54) is 6.33 Å². The van der Waals surface area contributed by atoms with E-state index in [-0.39, 0.29) is 11.9 Å². The molecule has 4 rings (SSSR count). The van der Waals surface area contributed by atoms with E-state index >= 15 is 0 Å². The SMILES string of the molecule is Cc1ncnc(N2CCCC(N(C)c3ccnc(N4CCOCC4)n3)C2)c1F. The summed E-state index contributed by atoms with van der Waals surface area (Å²) < 4.78 is 19.9. The number of rotatable bonds is 4. The average Bonchev–Trinajstić information content (AvgIpc) is 2.76. The van der Waals surface area contributed by atoms with Crippen LogP contribution in [0.15, 0.2) is 18.6 Å². The van der Waals surface area contributed by atoms with Crippen LogP contribution < -0.4 is 14.7 Å². The Morgan fingerprint density at radius 2 is 1.96 bits per heavy atom. The van der Waals surface area contributed by atoms with E-state index in [4.69, 9.17) is 9.72 Å². The molecule has 0 aliphatic carbocycles. The second-order valence-corrected chi connectivity index (χ2v) is 7.26. The van der Waals surface area contributed by atoms with Crippen molar-refractivity contribution >= 4 is 17.6 Å². The van der Waals surface area contributed by atoms with Crippen molar-refractivity contribution < 1.29 is 9.13 Å². The number of hydrogen-bond donors (Lipinski definition) is 0. The van der Waals surface area contributed by atoms with Crippen LogP contribution in [0.2, 0.25) is 0 Å². The van der Waals surface area contributed by atoms with Crippen LogP contribution >= 0.6 is 0 Å². The Kier molecular flexibility index (Phi) is 5.52. The summed E-state index contributed by atoms with van der Waals surface area (Å²) in [6.45, 7) is 6.16. The van der Waals surface area contributed by atoms with Crippen molar-refractivity contribution in [3.8, 4) is 0 Å². The van der Waals surface area contributed by atoms with Gasteiger partial charge in [0.1, 0.15) is 12.1 Å². The number of anilines is 3. The molecule has 8 nitrogen and oxygen atoms in total. The lowest BCUT2D eigenvalue weighted by Gasteiger charge is -2.39. The van der Waals surface area contributed by atoms with Gasteiger partial charge in [-0.2, -0.15) is 4.98 Å². The van der Waals surface area contributed by atoms with Crippen LogP contribution in [0.3, 0.4) is 0 Å². The van der Waals surface area contributed by atoms with Crippen LogP contribution in [-0.4, -0.2) is 72.4 Å². The van der Waals surface area contributed by atoms with Crippen molar-refractivity contribution in [2.75, 3.05) is 61.1 Å². The molecule has 4 heterocycles. The first-order valence-electron chi connectivity index (χ1n) is 9.74. The Bertz CT molecular complexity index is 815. The first-order valence-corrected chi connectivity index (χ1v) is 9.74. The molecule has 0 amide bonds. The number of piperidine rings is 1. The zero-order valence-corrected chi connectivity index (χ0v) is 16.4. The molecule has 0 radical (unpaired) electrons. The normalized spacial score (nSPS) is 20.3. The van der Waals surface area contributed by atoms with Gasteiger partial charge in [0, 0.05) is 45.5 Å². The zero-order chi connectivity index (χ0) is 19.5. The highest BCUT2D eigenvalue weighted by atomic mass is 19.1. The van der Waals surface area contributed by atoms with Gasteiger partial charge in [0.25, 0.3) is 0 Å². The van der Waals surface area contributed by atoms with E-state index < -0.39 is 0 Å². The molecular weight excluding hydrogens is 361 g/mol. The molecule has 0 saturated carbocycles. The third kappa shape index (κ3) is 3.84. The highest BCUT2D eigenvalue weighted by Gasteiger charge is 2.27. The minimum Gasteiger partial charge on any atom is -0.378 e. The quantitative estimate of drug-likeness (QED) is 0.785. The summed E-state index contributed by atoms with van der Waals surface area (Å²) in [5.74, 6) is 1.67. The summed E-state index contributed by atoms with van der Waals surface area (Å²) >= 11 is 0. The maximum Gasteiger partial charge on any atom is 0.227 e. The number of aromatic nitrogens is 4. The van der Waals surface area contributed by atoms with Crippen LogP contribution in [0.1, 0.15) is 18.5 Å². The van der Waals surface area contributed by atoms with Crippen molar-refractivity contribution in [2.45, 2.75) is 25.8 Å². The van der Waals surface area contributed by atoms with Crippen molar-refractivity contribution in [1.82, 2.24) is 19.9 Å². The van der Waals surface area contributed by atoms with Gasteiger partial charge in [-0.3, -0.25) is 0 Å². The largest absolute Gasteiger partial charge is 0.378 e. The number of halogens is 1. The van der Waals surface area contributed by atoms with Gasteiger partial charge in [0.2, 0.25) is 5.95 Å². The lowest BCUT2D eigenvalue weighted by Crippen LogP contribution is -2.47. The predicted octanol–water partition coefficient (Wildman–Crippen LogP) is 1.66. The summed E-state index contributed by atoms with van der Waals surface area (Å²) in [5, 5.41) is 0. The van der Waals surface area contributed by atoms with Gasteiger partial charge in [-0.1, -0.05) is 0 Å². The Labute approximate surface area is 164 Å². The van der Waals surface area contributed by atoms with E-state index in [2.05, 4.69) is 24.8 Å². The minimum absolute atomic E-state index is 0.218. The molecule has 0 N–H and O–H groups in total. The molecule has 2 fully saturated rings. The number of morpholine rings is 1. The number of likely N-dealkylation sites (N-methyl/N-ethyl adjacent to an activating group) is 1. The Morgan fingerprint density at radius 3 is 2.79 bits per heavy atom. The van der Waals surface area contributed by atoms with Gasteiger partial charge in [0.05, 0.1) is 18.9 Å². The molecular formula is C19H26FN7O. The third-order valence-corrected chi connectivity index (χ3v) is 5.47. The lowest BCUT2D eigenvalue weighted by atomic mass is 10.0. The minimum atomic E-state index is -0.331. The monoisotopic (exact) mass is 387 g/mol. The summed E-state index contributed by atoms with van der Waals surface area (Å²) in [6, 6.07) is 2.15. The van der Waals surface area contributed by atoms with E-state index in [9.17, 15) is 4.39 Å². The molecule has 2 saturated heterocycles. The maximum absolute atomic E-state index is 14.5. The lowest BCUT2D eigenvalue weighted by molar-refractivity contribution is 0.122. The molecule has 2 aliphatic heterocycles. The van der Waals surface area contributed by atoms with Gasteiger partial charge in [-0.25, -0.2) is 19.3 Å². The molecule has 28 heavy (non-hydrogen) atoms. The average molecular weight is 387 g/mol. The fraction of sp³-hybridized carbons (Fsp3) is 0.579. The van der Waals surface area contributed by atoms with Gasteiger partial charge in [-0.15, -0.1) is 0 Å². The van der Waals surface area contributed by atoms with Crippen LogP contribution in [0.4, 0.5) is 22.0 Å². The van der Waals surface area contributed by atoms with Crippen molar-refractivity contribution in [3.05, 3.63) is 30.1 Å². The fourth-order valence-corrected chi connectivity index (χ4v) is 3.77. The van der Waals surface area contributed by atoms with E-state index in [0.717, 1.165) is 44.2 Å². The second-order valence-electron chi connectivity index (χ2n) is 7.26. The van der Waals surface area contributed by atoms with E-state index in [1.54, 1.807) is 13.1 Å². The molecule has 0 spiro atoms. The van der Waals surface area contributed by atoms with Crippen molar-refractivity contribution in [3.63, 3.8) is 0 Å². The first-order chi connectivity index (χ1) is 13.6. The second kappa shape index (κ2) is 8.22. The Morgan fingerprint density at radius 1 is 1.14 bits per heavy atom. The van der Waals surface area contributed by atoms with E-state index in [1.807, 2.05) is 18.0 Å².